The fourth-order valence-electron chi connectivity index (χ4n) is 6.24. The van der Waals surface area contributed by atoms with Crippen molar-refractivity contribution in [3.05, 3.63) is 62.5 Å². The first-order valence-corrected chi connectivity index (χ1v) is 14.1. The van der Waals surface area contributed by atoms with Gasteiger partial charge in [-0.2, -0.15) is 0 Å². The predicted molar refractivity (Wildman–Crippen MR) is 140 cm³/mol. The highest BCUT2D eigenvalue weighted by Crippen LogP contribution is 2.45. The highest BCUT2D eigenvalue weighted by atomic mass is 35.5. The molecule has 186 valence electrons. The molecule has 0 spiro atoms. The molecule has 1 saturated heterocycles. The molecule has 7 rings (SSSR count). The third kappa shape index (κ3) is 3.64. The van der Waals surface area contributed by atoms with Gasteiger partial charge in [-0.05, 0) is 37.3 Å². The first kappa shape index (κ1) is 22.6. The normalized spacial score (nSPS) is 21.6. The number of morpholine rings is 1. The molecular formula is C27H28ClN5O2S. The van der Waals surface area contributed by atoms with Crippen LogP contribution in [-0.4, -0.2) is 57.6 Å². The number of rotatable bonds is 3. The summed E-state index contributed by atoms with van der Waals surface area (Å²) < 4.78 is 7.76. The predicted octanol–water partition coefficient (Wildman–Crippen LogP) is 4.56. The summed E-state index contributed by atoms with van der Waals surface area (Å²) in [5.74, 6) is 2.62. The number of hydrogen-bond acceptors (Lipinski definition) is 6. The number of nitrogens with zero attached hydrogens (tertiary/aromatic N) is 5. The van der Waals surface area contributed by atoms with Gasteiger partial charge < -0.3 is 9.64 Å². The average Bonchev–Trinajstić information content (AvgIpc) is 3.68. The van der Waals surface area contributed by atoms with Crippen LogP contribution in [0.2, 0.25) is 5.02 Å². The summed E-state index contributed by atoms with van der Waals surface area (Å²) in [5, 5.41) is 11.1. The standard InChI is InChI=1S/C27H28ClN5O2S/c28-20-8-4-3-7-18(20)24-23-19-13-17(26(34)32-9-11-35-12-10-32)14-21(19)36-27(23)33-22(15-29-24)30-31-25(33)16-5-1-2-6-16/h3-4,7-8,16-17H,1-2,5-6,9-15H2. The average molecular weight is 522 g/mol. The fourth-order valence-corrected chi connectivity index (χ4v) is 7.91. The van der Waals surface area contributed by atoms with Gasteiger partial charge in [0.1, 0.15) is 17.4 Å². The van der Waals surface area contributed by atoms with Gasteiger partial charge >= 0.3 is 0 Å². The van der Waals surface area contributed by atoms with E-state index in [4.69, 9.17) is 21.3 Å². The molecule has 7 nitrogen and oxygen atoms in total. The minimum atomic E-state index is -0.0277. The van der Waals surface area contributed by atoms with Gasteiger partial charge in [-0.1, -0.05) is 42.6 Å². The number of carbonyl (C=O) groups excluding carboxylic acids is 1. The van der Waals surface area contributed by atoms with Gasteiger partial charge in [-0.3, -0.25) is 14.4 Å². The maximum Gasteiger partial charge on any atom is 0.226 e. The van der Waals surface area contributed by atoms with Crippen molar-refractivity contribution >= 4 is 34.6 Å². The lowest BCUT2D eigenvalue weighted by atomic mass is 9.97. The van der Waals surface area contributed by atoms with Crippen molar-refractivity contribution in [2.75, 3.05) is 26.3 Å². The van der Waals surface area contributed by atoms with E-state index in [9.17, 15) is 4.79 Å². The number of benzene rings is 1. The number of carbonyl (C=O) groups is 1. The minimum Gasteiger partial charge on any atom is -0.378 e. The molecule has 2 aliphatic heterocycles. The van der Waals surface area contributed by atoms with Crippen molar-refractivity contribution in [1.29, 1.82) is 0 Å². The molecule has 2 fully saturated rings. The van der Waals surface area contributed by atoms with E-state index in [1.165, 1.54) is 23.3 Å². The highest BCUT2D eigenvalue weighted by Gasteiger charge is 2.39. The summed E-state index contributed by atoms with van der Waals surface area (Å²) >= 11 is 8.51. The van der Waals surface area contributed by atoms with Crippen LogP contribution in [0, 0.1) is 5.92 Å². The van der Waals surface area contributed by atoms with Crippen LogP contribution in [0.3, 0.4) is 0 Å². The van der Waals surface area contributed by atoms with Crippen molar-refractivity contribution in [1.82, 2.24) is 19.7 Å². The summed E-state index contributed by atoms with van der Waals surface area (Å²) in [5.41, 5.74) is 4.22. The minimum absolute atomic E-state index is 0.0277. The van der Waals surface area contributed by atoms with Crippen molar-refractivity contribution in [3.63, 3.8) is 0 Å². The Morgan fingerprint density at radius 3 is 2.69 bits per heavy atom. The van der Waals surface area contributed by atoms with Gasteiger partial charge in [-0.25, -0.2) is 0 Å². The molecule has 0 radical (unpaired) electrons. The SMILES string of the molecule is O=C(C1Cc2sc3c(c2C1)C(c1ccccc1Cl)=NCc1nnc(C2CCCC2)n1-3)N1CCOCC1. The molecule has 36 heavy (non-hydrogen) atoms. The molecule has 9 heteroatoms. The van der Waals surface area contributed by atoms with Crippen LogP contribution in [0.5, 0.6) is 0 Å². The molecule has 0 bridgehead atoms. The van der Waals surface area contributed by atoms with E-state index in [1.807, 2.05) is 29.2 Å². The Balaban J connectivity index is 1.34. The summed E-state index contributed by atoms with van der Waals surface area (Å²) in [7, 11) is 0. The molecule has 1 atom stereocenters. The summed E-state index contributed by atoms with van der Waals surface area (Å²) in [6, 6.07) is 7.93. The molecule has 4 heterocycles. The molecule has 1 aromatic carbocycles. The topological polar surface area (TPSA) is 72.6 Å². The monoisotopic (exact) mass is 521 g/mol. The first-order chi connectivity index (χ1) is 17.7. The molecule has 2 aliphatic carbocycles. The molecule has 1 amide bonds. The van der Waals surface area contributed by atoms with E-state index >= 15 is 0 Å². The van der Waals surface area contributed by atoms with Crippen LogP contribution in [0.15, 0.2) is 29.3 Å². The molecule has 1 unspecified atom stereocenters. The van der Waals surface area contributed by atoms with E-state index in [2.05, 4.69) is 14.8 Å². The Morgan fingerprint density at radius 2 is 1.89 bits per heavy atom. The smallest absolute Gasteiger partial charge is 0.226 e. The van der Waals surface area contributed by atoms with E-state index in [0.717, 1.165) is 59.2 Å². The van der Waals surface area contributed by atoms with Crippen LogP contribution < -0.4 is 0 Å². The number of thiophene rings is 1. The van der Waals surface area contributed by atoms with Crippen LogP contribution in [-0.2, 0) is 28.9 Å². The third-order valence-corrected chi connectivity index (χ3v) is 9.62. The van der Waals surface area contributed by atoms with Gasteiger partial charge in [0.25, 0.3) is 0 Å². The largest absolute Gasteiger partial charge is 0.378 e. The molecule has 2 aromatic heterocycles. The number of aliphatic imine (C=N–C) groups is 1. The van der Waals surface area contributed by atoms with Crippen molar-refractivity contribution < 1.29 is 9.53 Å². The van der Waals surface area contributed by atoms with E-state index in [0.29, 0.717) is 43.8 Å². The Hall–Kier alpha value is -2.55. The summed E-state index contributed by atoms with van der Waals surface area (Å²) in [6.07, 6.45) is 6.31. The van der Waals surface area contributed by atoms with E-state index in [1.54, 1.807) is 11.3 Å². The maximum atomic E-state index is 13.4. The quantitative estimate of drug-likeness (QED) is 0.506. The van der Waals surface area contributed by atoms with Crippen LogP contribution >= 0.6 is 22.9 Å². The summed E-state index contributed by atoms with van der Waals surface area (Å²) in [4.78, 5) is 21.7. The second-order valence-electron chi connectivity index (χ2n) is 10.2. The second-order valence-corrected chi connectivity index (χ2v) is 11.7. The maximum absolute atomic E-state index is 13.4. The van der Waals surface area contributed by atoms with Crippen LogP contribution in [0.25, 0.3) is 5.00 Å². The van der Waals surface area contributed by atoms with Gasteiger partial charge in [0.2, 0.25) is 5.91 Å². The second kappa shape index (κ2) is 9.08. The van der Waals surface area contributed by atoms with Gasteiger partial charge in [0.15, 0.2) is 5.82 Å². The molecule has 1 saturated carbocycles. The van der Waals surface area contributed by atoms with Gasteiger partial charge in [0.05, 0.1) is 18.9 Å². The Labute approximate surface area is 219 Å². The lowest BCUT2D eigenvalue weighted by Gasteiger charge is -2.29. The molecule has 0 N–H and O–H groups in total. The number of ether oxygens (including phenoxy) is 1. The van der Waals surface area contributed by atoms with Gasteiger partial charge in [0, 0.05) is 46.0 Å². The number of halogens is 1. The van der Waals surface area contributed by atoms with Crippen molar-refractivity contribution in [3.8, 4) is 5.00 Å². The first-order valence-electron chi connectivity index (χ1n) is 12.9. The van der Waals surface area contributed by atoms with Crippen LogP contribution in [0.1, 0.15) is 64.8 Å². The zero-order valence-electron chi connectivity index (χ0n) is 20.1. The highest BCUT2D eigenvalue weighted by molar-refractivity contribution is 7.15. The number of amides is 1. The Kier molecular flexibility index (Phi) is 5.71. The van der Waals surface area contributed by atoms with Crippen molar-refractivity contribution in [2.45, 2.75) is 51.0 Å². The molecule has 3 aromatic rings. The van der Waals surface area contributed by atoms with E-state index in [-0.39, 0.29) is 11.8 Å². The zero-order chi connectivity index (χ0) is 24.2. The van der Waals surface area contributed by atoms with Gasteiger partial charge in [-0.15, -0.1) is 21.5 Å². The fraction of sp³-hybridized carbons (Fsp3) is 0.481. The zero-order valence-corrected chi connectivity index (χ0v) is 21.7. The number of fused-ring (bicyclic) bond motifs is 5. The Bertz CT molecular complexity index is 1370. The Morgan fingerprint density at radius 1 is 1.08 bits per heavy atom. The molecular weight excluding hydrogens is 494 g/mol. The lowest BCUT2D eigenvalue weighted by Crippen LogP contribution is -2.44. The van der Waals surface area contributed by atoms with Crippen LogP contribution in [0.4, 0.5) is 0 Å². The van der Waals surface area contributed by atoms with E-state index < -0.39 is 0 Å². The molecule has 4 aliphatic rings. The third-order valence-electron chi connectivity index (χ3n) is 8.05. The van der Waals surface area contributed by atoms with Crippen molar-refractivity contribution in [2.24, 2.45) is 10.9 Å². The number of hydrogen-bond donors (Lipinski definition) is 0. The number of aromatic nitrogens is 3. The summed E-state index contributed by atoms with van der Waals surface area (Å²) in [6.45, 7) is 3.08. The lowest BCUT2D eigenvalue weighted by molar-refractivity contribution is -0.139.